The molecular formula is C21H25F3N2O3S. The van der Waals surface area contributed by atoms with Crippen LogP contribution in [-0.2, 0) is 22.6 Å². The molecule has 1 aliphatic rings. The van der Waals surface area contributed by atoms with Gasteiger partial charge in [-0.15, -0.1) is 0 Å². The predicted octanol–water partition coefficient (Wildman–Crippen LogP) is 3.53. The van der Waals surface area contributed by atoms with Crippen LogP contribution in [0.4, 0.5) is 18.9 Å². The molecule has 0 aliphatic carbocycles. The summed E-state index contributed by atoms with van der Waals surface area (Å²) < 4.78 is 67.5. The van der Waals surface area contributed by atoms with Crippen LogP contribution in [0.25, 0.3) is 0 Å². The van der Waals surface area contributed by atoms with Gasteiger partial charge in [0.1, 0.15) is 0 Å². The molecule has 1 aliphatic heterocycles. The molecule has 1 fully saturated rings. The maximum absolute atomic E-state index is 13.4. The standard InChI is InChI=1S/C21H25F3N2O3S/c1-15-14-25(20-6-4-3-5-19(20)21(22,23)24)11-12-26(15)30(28,29)18-9-7-17(8-10-18)13-16(2)27/h3-10,15-16,27H,11-14H2,1-2H3/t15-,16?/m1/s1. The number of anilines is 1. The van der Waals surface area contributed by atoms with Crippen LogP contribution in [0, 0.1) is 0 Å². The van der Waals surface area contributed by atoms with Gasteiger partial charge in [-0.2, -0.15) is 17.5 Å². The summed E-state index contributed by atoms with van der Waals surface area (Å²) in [5, 5.41) is 9.46. The summed E-state index contributed by atoms with van der Waals surface area (Å²) in [6.07, 6.45) is -4.58. The second kappa shape index (κ2) is 8.56. The fourth-order valence-corrected chi connectivity index (χ4v) is 5.39. The van der Waals surface area contributed by atoms with Crippen LogP contribution in [0.2, 0.25) is 0 Å². The minimum atomic E-state index is -4.48. The Kier molecular flexibility index (Phi) is 6.45. The van der Waals surface area contributed by atoms with Gasteiger partial charge in [0.2, 0.25) is 10.0 Å². The van der Waals surface area contributed by atoms with E-state index in [1.54, 1.807) is 36.9 Å². The summed E-state index contributed by atoms with van der Waals surface area (Å²) >= 11 is 0. The van der Waals surface area contributed by atoms with Crippen LogP contribution >= 0.6 is 0 Å². The van der Waals surface area contributed by atoms with E-state index in [1.807, 2.05) is 0 Å². The molecule has 1 saturated heterocycles. The van der Waals surface area contributed by atoms with E-state index in [-0.39, 0.29) is 30.2 Å². The Hall–Kier alpha value is -2.10. The first kappa shape index (κ1) is 22.6. The molecule has 3 rings (SSSR count). The van der Waals surface area contributed by atoms with Gasteiger partial charge in [0.05, 0.1) is 16.6 Å². The maximum Gasteiger partial charge on any atom is 0.418 e. The van der Waals surface area contributed by atoms with Gasteiger partial charge in [-0.05, 0) is 50.1 Å². The number of halogens is 3. The van der Waals surface area contributed by atoms with E-state index < -0.39 is 33.9 Å². The zero-order chi connectivity index (χ0) is 22.1. The Labute approximate surface area is 174 Å². The Balaban J connectivity index is 1.79. The van der Waals surface area contributed by atoms with Crippen molar-refractivity contribution in [2.75, 3.05) is 24.5 Å². The second-order valence-electron chi connectivity index (χ2n) is 7.62. The molecule has 2 atom stereocenters. The zero-order valence-corrected chi connectivity index (χ0v) is 17.6. The first-order chi connectivity index (χ1) is 14.0. The Morgan fingerprint density at radius 3 is 2.30 bits per heavy atom. The smallest absolute Gasteiger partial charge is 0.393 e. The number of hydrogen-bond donors (Lipinski definition) is 1. The van der Waals surface area contributed by atoms with Crippen molar-refractivity contribution in [1.82, 2.24) is 4.31 Å². The average molecular weight is 443 g/mol. The van der Waals surface area contributed by atoms with E-state index in [4.69, 9.17) is 0 Å². The Bertz CT molecular complexity index is 976. The normalized spacial score (nSPS) is 19.7. The molecule has 9 heteroatoms. The van der Waals surface area contributed by atoms with Crippen LogP contribution in [-0.4, -0.2) is 49.6 Å². The third-order valence-corrected chi connectivity index (χ3v) is 7.21. The summed E-state index contributed by atoms with van der Waals surface area (Å²) in [4.78, 5) is 1.72. The fourth-order valence-electron chi connectivity index (χ4n) is 3.78. The summed E-state index contributed by atoms with van der Waals surface area (Å²) in [6, 6.07) is 11.2. The quantitative estimate of drug-likeness (QED) is 0.770. The van der Waals surface area contributed by atoms with Gasteiger partial charge in [-0.3, -0.25) is 0 Å². The number of piperazine rings is 1. The number of hydrogen-bond acceptors (Lipinski definition) is 4. The molecule has 30 heavy (non-hydrogen) atoms. The van der Waals surface area contributed by atoms with E-state index in [1.165, 1.54) is 28.6 Å². The number of alkyl halides is 3. The molecule has 2 aromatic carbocycles. The van der Waals surface area contributed by atoms with Crippen LogP contribution in [0.15, 0.2) is 53.4 Å². The second-order valence-corrected chi connectivity index (χ2v) is 9.51. The minimum absolute atomic E-state index is 0.0661. The summed E-state index contributed by atoms with van der Waals surface area (Å²) in [5.74, 6) is 0. The summed E-state index contributed by atoms with van der Waals surface area (Å²) in [6.45, 7) is 3.76. The van der Waals surface area contributed by atoms with Gasteiger partial charge in [0.15, 0.2) is 0 Å². The van der Waals surface area contributed by atoms with Gasteiger partial charge < -0.3 is 10.0 Å². The van der Waals surface area contributed by atoms with Crippen molar-refractivity contribution in [3.8, 4) is 0 Å². The molecule has 0 amide bonds. The number of nitrogens with zero attached hydrogens (tertiary/aromatic N) is 2. The van der Waals surface area contributed by atoms with Crippen LogP contribution in [0.3, 0.4) is 0 Å². The number of rotatable bonds is 5. The SMILES string of the molecule is CC(O)Cc1ccc(S(=O)(=O)N2CCN(c3ccccc3C(F)(F)F)C[C@H]2C)cc1. The molecule has 1 N–H and O–H groups in total. The average Bonchev–Trinajstić information content (AvgIpc) is 2.67. The van der Waals surface area contributed by atoms with Gasteiger partial charge in [-0.1, -0.05) is 24.3 Å². The number of aliphatic hydroxyl groups is 1. The maximum atomic E-state index is 13.4. The lowest BCUT2D eigenvalue weighted by Gasteiger charge is -2.40. The highest BCUT2D eigenvalue weighted by Gasteiger charge is 2.38. The van der Waals surface area contributed by atoms with Crippen molar-refractivity contribution in [2.24, 2.45) is 0 Å². The van der Waals surface area contributed by atoms with E-state index in [0.717, 1.165) is 11.6 Å². The molecule has 0 bridgehead atoms. The van der Waals surface area contributed by atoms with Gasteiger partial charge in [-0.25, -0.2) is 8.42 Å². The lowest BCUT2D eigenvalue weighted by atomic mass is 10.1. The molecule has 2 aromatic rings. The van der Waals surface area contributed by atoms with Crippen molar-refractivity contribution in [2.45, 2.75) is 43.5 Å². The highest BCUT2D eigenvalue weighted by atomic mass is 32.2. The zero-order valence-electron chi connectivity index (χ0n) is 16.8. The molecule has 164 valence electrons. The number of aliphatic hydroxyl groups excluding tert-OH is 1. The molecule has 5 nitrogen and oxygen atoms in total. The summed E-state index contributed by atoms with van der Waals surface area (Å²) in [5.41, 5.74) is 0.171. The minimum Gasteiger partial charge on any atom is -0.393 e. The Morgan fingerprint density at radius 1 is 1.10 bits per heavy atom. The Morgan fingerprint density at radius 2 is 1.73 bits per heavy atom. The van der Waals surface area contributed by atoms with Crippen molar-refractivity contribution in [3.05, 3.63) is 59.7 Å². The van der Waals surface area contributed by atoms with Crippen LogP contribution < -0.4 is 4.90 Å². The van der Waals surface area contributed by atoms with Crippen LogP contribution in [0.1, 0.15) is 25.0 Å². The summed E-state index contributed by atoms with van der Waals surface area (Å²) in [7, 11) is -3.78. The third-order valence-electron chi connectivity index (χ3n) is 5.18. The highest BCUT2D eigenvalue weighted by molar-refractivity contribution is 7.89. The lowest BCUT2D eigenvalue weighted by Crippen LogP contribution is -2.54. The number of benzene rings is 2. The molecule has 0 saturated carbocycles. The monoisotopic (exact) mass is 442 g/mol. The largest absolute Gasteiger partial charge is 0.418 e. The topological polar surface area (TPSA) is 60.9 Å². The first-order valence-electron chi connectivity index (χ1n) is 9.70. The van der Waals surface area contributed by atoms with E-state index in [0.29, 0.717) is 6.42 Å². The number of sulfonamides is 1. The molecule has 0 spiro atoms. The molecule has 1 unspecified atom stereocenters. The van der Waals surface area contributed by atoms with Crippen LogP contribution in [0.5, 0.6) is 0 Å². The van der Waals surface area contributed by atoms with Gasteiger partial charge >= 0.3 is 6.18 Å². The molecule has 1 heterocycles. The first-order valence-corrected chi connectivity index (χ1v) is 11.1. The van der Waals surface area contributed by atoms with Gasteiger partial charge in [0.25, 0.3) is 0 Å². The van der Waals surface area contributed by atoms with E-state index >= 15 is 0 Å². The highest BCUT2D eigenvalue weighted by Crippen LogP contribution is 2.37. The fraction of sp³-hybridized carbons (Fsp3) is 0.429. The molecule has 0 aromatic heterocycles. The molecular weight excluding hydrogens is 417 g/mol. The van der Waals surface area contributed by atoms with Crippen molar-refractivity contribution >= 4 is 15.7 Å². The third kappa shape index (κ3) is 4.79. The van der Waals surface area contributed by atoms with E-state index in [9.17, 15) is 26.7 Å². The van der Waals surface area contributed by atoms with Gasteiger partial charge in [0, 0.05) is 31.4 Å². The van der Waals surface area contributed by atoms with Crippen molar-refractivity contribution < 1.29 is 26.7 Å². The van der Waals surface area contributed by atoms with Crippen molar-refractivity contribution in [3.63, 3.8) is 0 Å². The number of para-hydroxylation sites is 1. The van der Waals surface area contributed by atoms with Crippen molar-refractivity contribution in [1.29, 1.82) is 0 Å². The van der Waals surface area contributed by atoms with E-state index in [2.05, 4.69) is 0 Å². The lowest BCUT2D eigenvalue weighted by molar-refractivity contribution is -0.137. The predicted molar refractivity (Wildman–Crippen MR) is 109 cm³/mol. The molecule has 0 radical (unpaired) electrons.